The van der Waals surface area contributed by atoms with Gasteiger partial charge in [0.15, 0.2) is 0 Å². The van der Waals surface area contributed by atoms with E-state index in [0.29, 0.717) is 19.1 Å². The lowest BCUT2D eigenvalue weighted by Gasteiger charge is -2.22. The van der Waals surface area contributed by atoms with Crippen LogP contribution in [0.3, 0.4) is 0 Å². The summed E-state index contributed by atoms with van der Waals surface area (Å²) in [6, 6.07) is 0. The molecule has 0 aliphatic rings. The minimum Gasteiger partial charge on any atom is -0.480 e. The number of likely N-dealkylation sites (N-methyl/N-ethyl adjacent to an activating group) is 1. The number of ether oxygens (including phenoxy) is 1. The Labute approximate surface area is 104 Å². The Balaban J connectivity index is 3.80. The maximum atomic E-state index is 10.7. The molecule has 5 heteroatoms. The van der Waals surface area contributed by atoms with Gasteiger partial charge in [-0.3, -0.25) is 9.69 Å². The van der Waals surface area contributed by atoms with Gasteiger partial charge in [-0.05, 0) is 20.0 Å². The molecular weight excluding hydrogens is 220 g/mol. The summed E-state index contributed by atoms with van der Waals surface area (Å²) < 4.78 is 5.47. The highest BCUT2D eigenvalue weighted by Gasteiger charge is 2.09. The highest BCUT2D eigenvalue weighted by atomic mass is 16.5. The number of aliphatic carboxylic acids is 1. The Bertz CT molecular complexity index is 208. The van der Waals surface area contributed by atoms with Gasteiger partial charge in [-0.15, -0.1) is 0 Å². The first-order chi connectivity index (χ1) is 7.91. The van der Waals surface area contributed by atoms with Crippen LogP contribution in [-0.2, 0) is 9.53 Å². The van der Waals surface area contributed by atoms with E-state index in [0.717, 1.165) is 19.7 Å². The van der Waals surface area contributed by atoms with Crippen molar-refractivity contribution in [1.82, 2.24) is 9.80 Å². The van der Waals surface area contributed by atoms with E-state index in [1.54, 1.807) is 0 Å². The van der Waals surface area contributed by atoms with Crippen LogP contribution in [0.4, 0.5) is 0 Å². The van der Waals surface area contributed by atoms with E-state index in [-0.39, 0.29) is 6.54 Å². The molecule has 0 heterocycles. The molecule has 0 saturated heterocycles. The fraction of sp³-hybridized carbons (Fsp3) is 0.917. The molecule has 0 fully saturated rings. The Morgan fingerprint density at radius 3 is 2.35 bits per heavy atom. The zero-order chi connectivity index (χ0) is 13.3. The summed E-state index contributed by atoms with van der Waals surface area (Å²) in [4.78, 5) is 14.7. The second-order valence-electron chi connectivity index (χ2n) is 4.94. The molecule has 0 spiro atoms. The van der Waals surface area contributed by atoms with E-state index in [2.05, 4.69) is 13.8 Å². The Morgan fingerprint density at radius 2 is 1.88 bits per heavy atom. The first-order valence-electron chi connectivity index (χ1n) is 6.08. The number of nitrogens with zero attached hydrogens (tertiary/aromatic N) is 2. The van der Waals surface area contributed by atoms with Gasteiger partial charge in [0.25, 0.3) is 0 Å². The van der Waals surface area contributed by atoms with Crippen LogP contribution in [0.15, 0.2) is 0 Å². The van der Waals surface area contributed by atoms with Crippen LogP contribution in [0.2, 0.25) is 0 Å². The van der Waals surface area contributed by atoms with Crippen molar-refractivity contribution in [1.29, 1.82) is 0 Å². The van der Waals surface area contributed by atoms with Gasteiger partial charge >= 0.3 is 5.97 Å². The van der Waals surface area contributed by atoms with E-state index in [4.69, 9.17) is 9.84 Å². The molecule has 0 unspecified atom stereocenters. The minimum absolute atomic E-state index is 0.0822. The Hall–Kier alpha value is -0.650. The van der Waals surface area contributed by atoms with Crippen molar-refractivity contribution in [3.63, 3.8) is 0 Å². The number of hydrogen-bond acceptors (Lipinski definition) is 4. The van der Waals surface area contributed by atoms with Crippen molar-refractivity contribution in [2.45, 2.75) is 13.8 Å². The summed E-state index contributed by atoms with van der Waals surface area (Å²) in [6.07, 6.45) is 0. The van der Waals surface area contributed by atoms with Gasteiger partial charge in [0, 0.05) is 26.2 Å². The normalized spacial score (nSPS) is 11.7. The van der Waals surface area contributed by atoms with Gasteiger partial charge in [-0.25, -0.2) is 0 Å². The van der Waals surface area contributed by atoms with Gasteiger partial charge in [0.2, 0.25) is 0 Å². The van der Waals surface area contributed by atoms with Crippen molar-refractivity contribution in [2.75, 3.05) is 53.5 Å². The Kier molecular flexibility index (Phi) is 9.03. The monoisotopic (exact) mass is 246 g/mol. The van der Waals surface area contributed by atoms with Crippen LogP contribution < -0.4 is 0 Å². The summed E-state index contributed by atoms with van der Waals surface area (Å²) in [7, 11) is 3.96. The lowest BCUT2D eigenvalue weighted by molar-refractivity contribution is -0.138. The van der Waals surface area contributed by atoms with Crippen LogP contribution in [0.1, 0.15) is 13.8 Å². The average molecular weight is 246 g/mol. The van der Waals surface area contributed by atoms with Crippen molar-refractivity contribution in [2.24, 2.45) is 5.92 Å². The molecule has 0 bridgehead atoms. The fourth-order valence-corrected chi connectivity index (χ4v) is 1.32. The Morgan fingerprint density at radius 1 is 1.24 bits per heavy atom. The third-order valence-corrected chi connectivity index (χ3v) is 2.23. The molecule has 0 aliphatic carbocycles. The van der Waals surface area contributed by atoms with Gasteiger partial charge in [0.1, 0.15) is 0 Å². The lowest BCUT2D eigenvalue weighted by Crippen LogP contribution is -2.37. The zero-order valence-corrected chi connectivity index (χ0v) is 11.5. The van der Waals surface area contributed by atoms with Gasteiger partial charge in [-0.1, -0.05) is 13.8 Å². The standard InChI is InChI=1S/C12H26N2O3/c1-11(2)10-17-8-7-14(9-12(15)16)6-5-13(3)4/h11H,5-10H2,1-4H3,(H,15,16). The number of carboxylic acids is 1. The quantitative estimate of drug-likeness (QED) is 0.572. The molecule has 5 nitrogen and oxygen atoms in total. The van der Waals surface area contributed by atoms with E-state index in [9.17, 15) is 4.79 Å². The summed E-state index contributed by atoms with van der Waals surface area (Å²) in [5.41, 5.74) is 0. The molecule has 0 aliphatic heterocycles. The van der Waals surface area contributed by atoms with E-state index < -0.39 is 5.97 Å². The SMILES string of the molecule is CC(C)COCCN(CCN(C)C)CC(=O)O. The van der Waals surface area contributed by atoms with E-state index in [1.807, 2.05) is 23.9 Å². The third-order valence-electron chi connectivity index (χ3n) is 2.23. The summed E-state index contributed by atoms with van der Waals surface area (Å²) in [5.74, 6) is -0.266. The van der Waals surface area contributed by atoms with Crippen LogP contribution in [0.5, 0.6) is 0 Å². The predicted molar refractivity (Wildman–Crippen MR) is 68.3 cm³/mol. The molecule has 0 radical (unpaired) electrons. The molecule has 0 rings (SSSR count). The fourth-order valence-electron chi connectivity index (χ4n) is 1.32. The van der Waals surface area contributed by atoms with Crippen LogP contribution >= 0.6 is 0 Å². The van der Waals surface area contributed by atoms with Crippen molar-refractivity contribution in [3.8, 4) is 0 Å². The first kappa shape index (κ1) is 16.4. The highest BCUT2D eigenvalue weighted by Crippen LogP contribution is 1.94. The number of hydrogen-bond donors (Lipinski definition) is 1. The summed E-state index contributed by atoms with van der Waals surface area (Å²) in [5, 5.41) is 8.80. The molecule has 0 aromatic heterocycles. The first-order valence-corrected chi connectivity index (χ1v) is 6.08. The number of carbonyl (C=O) groups is 1. The molecule has 0 saturated carbocycles. The maximum Gasteiger partial charge on any atom is 0.317 e. The van der Waals surface area contributed by atoms with Gasteiger partial charge < -0.3 is 14.7 Å². The van der Waals surface area contributed by atoms with Crippen molar-refractivity contribution >= 4 is 5.97 Å². The zero-order valence-electron chi connectivity index (χ0n) is 11.5. The lowest BCUT2D eigenvalue weighted by atomic mass is 10.2. The molecular formula is C12H26N2O3. The highest BCUT2D eigenvalue weighted by molar-refractivity contribution is 5.69. The molecule has 0 atom stereocenters. The largest absolute Gasteiger partial charge is 0.480 e. The average Bonchev–Trinajstić information content (AvgIpc) is 2.19. The molecule has 1 N–H and O–H groups in total. The number of rotatable bonds is 10. The molecule has 0 amide bonds. The summed E-state index contributed by atoms with van der Waals surface area (Å²) in [6.45, 7) is 7.89. The summed E-state index contributed by atoms with van der Waals surface area (Å²) >= 11 is 0. The van der Waals surface area contributed by atoms with Gasteiger partial charge in [0.05, 0.1) is 13.2 Å². The van der Waals surface area contributed by atoms with E-state index >= 15 is 0 Å². The molecule has 102 valence electrons. The maximum absolute atomic E-state index is 10.7. The van der Waals surface area contributed by atoms with Crippen LogP contribution in [0.25, 0.3) is 0 Å². The van der Waals surface area contributed by atoms with Crippen LogP contribution in [-0.4, -0.2) is 74.4 Å². The minimum atomic E-state index is -0.785. The second kappa shape index (κ2) is 9.39. The van der Waals surface area contributed by atoms with Crippen LogP contribution in [0, 0.1) is 5.92 Å². The topological polar surface area (TPSA) is 53.0 Å². The molecule has 0 aromatic rings. The predicted octanol–water partition coefficient (Wildman–Crippen LogP) is 0.607. The third kappa shape index (κ3) is 11.6. The molecule has 0 aromatic carbocycles. The second-order valence-corrected chi connectivity index (χ2v) is 4.94. The smallest absolute Gasteiger partial charge is 0.317 e. The molecule has 17 heavy (non-hydrogen) atoms. The van der Waals surface area contributed by atoms with Crippen molar-refractivity contribution < 1.29 is 14.6 Å². The number of carboxylic acid groups (broad SMARTS) is 1. The van der Waals surface area contributed by atoms with Crippen molar-refractivity contribution in [3.05, 3.63) is 0 Å². The van der Waals surface area contributed by atoms with Gasteiger partial charge in [-0.2, -0.15) is 0 Å². The van der Waals surface area contributed by atoms with E-state index in [1.165, 1.54) is 0 Å².